The minimum atomic E-state index is -3.64. The largest absolute Gasteiger partial charge is 0.337 e. The van der Waals surface area contributed by atoms with Crippen molar-refractivity contribution in [3.05, 3.63) is 66.1 Å². The Hall–Kier alpha value is -3.04. The Morgan fingerprint density at radius 1 is 1.15 bits per heavy atom. The van der Waals surface area contributed by atoms with Gasteiger partial charge in [0.15, 0.2) is 0 Å². The van der Waals surface area contributed by atoms with Crippen LogP contribution in [0, 0.1) is 12.8 Å². The van der Waals surface area contributed by atoms with Gasteiger partial charge in [-0.15, -0.1) is 0 Å². The molecule has 8 nitrogen and oxygen atoms in total. The number of carbonyl (C=O) groups excluding carboxylic acids is 1. The Balaban J connectivity index is 1.45. The van der Waals surface area contributed by atoms with Gasteiger partial charge < -0.3 is 9.42 Å². The lowest BCUT2D eigenvalue weighted by atomic mass is 9.98. The van der Waals surface area contributed by atoms with Crippen LogP contribution in [-0.4, -0.2) is 53.3 Å². The number of nitrogens with zero attached hydrogens (tertiary/aromatic N) is 4. The summed E-state index contributed by atoms with van der Waals surface area (Å²) in [6.45, 7) is 5.04. The van der Waals surface area contributed by atoms with E-state index in [1.165, 1.54) is 4.31 Å². The molecule has 2 heterocycles. The number of benzene rings is 2. The normalized spacial score (nSPS) is 17.1. The Bertz CT molecular complexity index is 1190. The van der Waals surface area contributed by atoms with Crippen molar-refractivity contribution >= 4 is 15.9 Å². The van der Waals surface area contributed by atoms with E-state index in [9.17, 15) is 13.2 Å². The molecule has 1 aliphatic heterocycles. The van der Waals surface area contributed by atoms with Gasteiger partial charge in [-0.05, 0) is 38.8 Å². The zero-order valence-corrected chi connectivity index (χ0v) is 19.7. The van der Waals surface area contributed by atoms with Crippen LogP contribution in [-0.2, 0) is 21.4 Å². The van der Waals surface area contributed by atoms with E-state index in [1.807, 2.05) is 44.2 Å². The SMILES string of the molecule is CCN(Cc1nc(-c2ccccc2)no1)C(=O)[C@H]1CCCN(S(=O)(=O)c2ccc(C)cc2)C1. The maximum atomic E-state index is 13.3. The standard InChI is InChI=1S/C24H28N4O4S/c1-3-27(17-22-25-23(26-32-22)19-8-5-4-6-9-19)24(29)20-10-7-15-28(16-20)33(30,31)21-13-11-18(2)12-14-21/h4-6,8-9,11-14,20H,3,7,10,15-17H2,1-2H3/t20-/m0/s1. The van der Waals surface area contributed by atoms with Crippen molar-refractivity contribution in [3.63, 3.8) is 0 Å². The summed E-state index contributed by atoms with van der Waals surface area (Å²) >= 11 is 0. The molecule has 2 aromatic carbocycles. The highest BCUT2D eigenvalue weighted by atomic mass is 32.2. The van der Waals surface area contributed by atoms with Crippen LogP contribution in [0.2, 0.25) is 0 Å². The van der Waals surface area contributed by atoms with Crippen LogP contribution in [0.15, 0.2) is 64.0 Å². The smallest absolute Gasteiger partial charge is 0.246 e. The van der Waals surface area contributed by atoms with Gasteiger partial charge in [0.2, 0.25) is 27.6 Å². The molecule has 4 rings (SSSR count). The van der Waals surface area contributed by atoms with E-state index >= 15 is 0 Å². The lowest BCUT2D eigenvalue weighted by Gasteiger charge is -2.33. The molecule has 1 atom stereocenters. The average Bonchev–Trinajstić information content (AvgIpc) is 3.32. The zero-order valence-electron chi connectivity index (χ0n) is 18.8. The van der Waals surface area contributed by atoms with Gasteiger partial charge in [-0.2, -0.15) is 9.29 Å². The summed E-state index contributed by atoms with van der Waals surface area (Å²) in [5.41, 5.74) is 1.83. The number of piperidine rings is 1. The fraction of sp³-hybridized carbons (Fsp3) is 0.375. The molecule has 3 aromatic rings. The van der Waals surface area contributed by atoms with Crippen LogP contribution < -0.4 is 0 Å². The van der Waals surface area contributed by atoms with Crippen LogP contribution in [0.3, 0.4) is 0 Å². The third-order valence-electron chi connectivity index (χ3n) is 5.91. The number of carbonyl (C=O) groups is 1. The summed E-state index contributed by atoms with van der Waals surface area (Å²) < 4.78 is 33.0. The fourth-order valence-electron chi connectivity index (χ4n) is 4.01. The maximum Gasteiger partial charge on any atom is 0.246 e. The van der Waals surface area contributed by atoms with Gasteiger partial charge in [0.05, 0.1) is 17.4 Å². The molecular formula is C24H28N4O4S. The first kappa shape index (κ1) is 23.1. The summed E-state index contributed by atoms with van der Waals surface area (Å²) in [7, 11) is -3.64. The van der Waals surface area contributed by atoms with Crippen LogP contribution in [0.25, 0.3) is 11.4 Å². The summed E-state index contributed by atoms with van der Waals surface area (Å²) in [5.74, 6) is 0.322. The van der Waals surface area contributed by atoms with Gasteiger partial charge >= 0.3 is 0 Å². The second kappa shape index (κ2) is 9.84. The molecule has 1 saturated heterocycles. The van der Waals surface area contributed by atoms with E-state index < -0.39 is 15.9 Å². The van der Waals surface area contributed by atoms with Crippen LogP contribution in [0.4, 0.5) is 0 Å². The first-order chi connectivity index (χ1) is 15.9. The van der Waals surface area contributed by atoms with Gasteiger partial charge in [0.1, 0.15) is 0 Å². The molecule has 0 bridgehead atoms. The first-order valence-electron chi connectivity index (χ1n) is 11.1. The molecule has 1 aromatic heterocycles. The van der Waals surface area contributed by atoms with Gasteiger partial charge in [-0.3, -0.25) is 4.79 Å². The summed E-state index contributed by atoms with van der Waals surface area (Å²) in [6.07, 6.45) is 1.28. The Morgan fingerprint density at radius 2 is 1.88 bits per heavy atom. The van der Waals surface area contributed by atoms with Crippen LogP contribution >= 0.6 is 0 Å². The molecule has 1 aliphatic rings. The van der Waals surface area contributed by atoms with E-state index in [4.69, 9.17) is 4.52 Å². The topological polar surface area (TPSA) is 96.6 Å². The van der Waals surface area contributed by atoms with Crippen molar-refractivity contribution in [2.75, 3.05) is 19.6 Å². The van der Waals surface area contributed by atoms with Crippen molar-refractivity contribution in [2.24, 2.45) is 5.92 Å². The van der Waals surface area contributed by atoms with Crippen molar-refractivity contribution < 1.29 is 17.7 Å². The van der Waals surface area contributed by atoms with Gasteiger partial charge in [0.25, 0.3) is 0 Å². The van der Waals surface area contributed by atoms with Gasteiger partial charge in [-0.1, -0.05) is 53.2 Å². The molecule has 0 unspecified atom stereocenters. The number of hydrogen-bond donors (Lipinski definition) is 0. The summed E-state index contributed by atoms with van der Waals surface area (Å²) in [5, 5.41) is 4.02. The number of hydrogen-bond acceptors (Lipinski definition) is 6. The van der Waals surface area contributed by atoms with Gasteiger partial charge in [0, 0.05) is 25.2 Å². The van der Waals surface area contributed by atoms with Crippen molar-refractivity contribution in [2.45, 2.75) is 38.1 Å². The van der Waals surface area contributed by atoms with Crippen LogP contribution in [0.1, 0.15) is 31.2 Å². The highest BCUT2D eigenvalue weighted by Gasteiger charge is 2.35. The highest BCUT2D eigenvalue weighted by molar-refractivity contribution is 7.89. The second-order valence-corrected chi connectivity index (χ2v) is 10.2. The van der Waals surface area contributed by atoms with E-state index in [1.54, 1.807) is 29.2 Å². The summed E-state index contributed by atoms with van der Waals surface area (Å²) in [6, 6.07) is 16.3. The van der Waals surface area contributed by atoms with Crippen molar-refractivity contribution in [1.82, 2.24) is 19.3 Å². The highest BCUT2D eigenvalue weighted by Crippen LogP contribution is 2.26. The molecule has 0 saturated carbocycles. The molecule has 1 fully saturated rings. The zero-order chi connectivity index (χ0) is 23.4. The number of rotatable bonds is 7. The van der Waals surface area contributed by atoms with E-state index in [0.717, 1.165) is 11.1 Å². The Morgan fingerprint density at radius 3 is 2.58 bits per heavy atom. The molecule has 0 aliphatic carbocycles. The quantitative estimate of drug-likeness (QED) is 0.527. The van der Waals surface area contributed by atoms with Crippen molar-refractivity contribution in [3.8, 4) is 11.4 Å². The molecule has 0 radical (unpaired) electrons. The molecule has 9 heteroatoms. The first-order valence-corrected chi connectivity index (χ1v) is 12.6. The minimum Gasteiger partial charge on any atom is -0.337 e. The fourth-order valence-corrected chi connectivity index (χ4v) is 5.54. The molecular weight excluding hydrogens is 440 g/mol. The predicted molar refractivity (Wildman–Crippen MR) is 123 cm³/mol. The molecule has 174 valence electrons. The van der Waals surface area contributed by atoms with Gasteiger partial charge in [-0.25, -0.2) is 8.42 Å². The predicted octanol–water partition coefficient (Wildman–Crippen LogP) is 3.49. The van der Waals surface area contributed by atoms with E-state index in [-0.39, 0.29) is 23.9 Å². The molecule has 0 N–H and O–H groups in total. The number of aromatic nitrogens is 2. The van der Waals surface area contributed by atoms with Crippen LogP contribution in [0.5, 0.6) is 0 Å². The minimum absolute atomic E-state index is 0.0965. The second-order valence-electron chi connectivity index (χ2n) is 8.25. The number of aryl methyl sites for hydroxylation is 1. The monoisotopic (exact) mass is 468 g/mol. The maximum absolute atomic E-state index is 13.3. The molecule has 1 amide bonds. The molecule has 0 spiro atoms. The molecule has 33 heavy (non-hydrogen) atoms. The summed E-state index contributed by atoms with van der Waals surface area (Å²) in [4.78, 5) is 19.6. The Labute approximate surface area is 194 Å². The number of amides is 1. The average molecular weight is 469 g/mol. The van der Waals surface area contributed by atoms with Crippen molar-refractivity contribution in [1.29, 1.82) is 0 Å². The number of sulfonamides is 1. The lowest BCUT2D eigenvalue weighted by molar-refractivity contribution is -0.137. The third kappa shape index (κ3) is 5.15. The van der Waals surface area contributed by atoms with E-state index in [0.29, 0.717) is 37.6 Å². The van der Waals surface area contributed by atoms with E-state index in [2.05, 4.69) is 10.1 Å². The Kier molecular flexibility index (Phi) is 6.90. The third-order valence-corrected chi connectivity index (χ3v) is 7.79. The lowest BCUT2D eigenvalue weighted by Crippen LogP contribution is -2.46.